The van der Waals surface area contributed by atoms with Crippen molar-refractivity contribution in [2.75, 3.05) is 50.0 Å². The number of hydrogen-bond donors (Lipinski definition) is 3. The number of β-amino-alcohol motifs (C(OH)–C–C–N with tert-alkyl or cyclic N) is 1. The van der Waals surface area contributed by atoms with Crippen LogP contribution in [0.5, 0.6) is 5.88 Å². The van der Waals surface area contributed by atoms with Crippen LogP contribution < -0.4 is 15.4 Å². The van der Waals surface area contributed by atoms with Crippen LogP contribution in [0.3, 0.4) is 0 Å². The highest BCUT2D eigenvalue weighted by molar-refractivity contribution is 7.16. The smallest absolute Gasteiger partial charge is 0.326 e. The lowest BCUT2D eigenvalue weighted by Gasteiger charge is -2.30. The van der Waals surface area contributed by atoms with Gasteiger partial charge in [0.05, 0.1) is 23.7 Å². The van der Waals surface area contributed by atoms with E-state index < -0.39 is 35.4 Å². The van der Waals surface area contributed by atoms with Gasteiger partial charge >= 0.3 is 5.97 Å². The number of fused-ring (bicyclic) bond motifs is 1. The topological polar surface area (TPSA) is 234 Å². The minimum Gasteiger partial charge on any atom is -0.480 e. The van der Waals surface area contributed by atoms with E-state index in [2.05, 4.69) is 38.1 Å². The van der Waals surface area contributed by atoms with Crippen molar-refractivity contribution >= 4 is 34.0 Å². The van der Waals surface area contributed by atoms with Crippen molar-refractivity contribution in [2.45, 2.75) is 95.7 Å². The Morgan fingerprint density at radius 3 is 2.77 bits per heavy atom. The van der Waals surface area contributed by atoms with Crippen LogP contribution in [-0.2, 0) is 21.4 Å². The van der Waals surface area contributed by atoms with Crippen LogP contribution in [0.15, 0.2) is 27.4 Å². The van der Waals surface area contributed by atoms with E-state index in [1.807, 2.05) is 26.8 Å². The predicted molar refractivity (Wildman–Crippen MR) is 204 cm³/mol. The number of nitrogens with zero attached hydrogens (tertiary/aromatic N) is 9. The standard InChI is InChI=1S/C38H48N10O7S/c1-21(2)30(35(50)48-20-23(49)16-25(48)36(51)52)26-17-29(44-54-26)53-15-7-13-46-12-6-14-47(22(3)19-46)28-9-11-41-33(42-28)34-43-37(55-45-34)38(4)10-5-8-27-31(38)24(18-39)32(40)56-27/h9,11,17,21-23,25,30,49H,5-8,10,12-16,19-20,40H2,1-4H3,(H,51,52)/t22-,23+,25-,30?,38-/m0/s1. The number of carboxylic acids is 1. The molecule has 4 N–H and O–H groups in total. The van der Waals surface area contributed by atoms with E-state index in [9.17, 15) is 25.1 Å². The Balaban J connectivity index is 0.938. The van der Waals surface area contributed by atoms with E-state index in [-0.39, 0.29) is 30.8 Å². The first-order valence-corrected chi connectivity index (χ1v) is 20.0. The van der Waals surface area contributed by atoms with E-state index in [4.69, 9.17) is 29.5 Å². The molecule has 6 heterocycles. The molecule has 56 heavy (non-hydrogen) atoms. The van der Waals surface area contributed by atoms with Crippen molar-refractivity contribution in [3.8, 4) is 23.6 Å². The summed E-state index contributed by atoms with van der Waals surface area (Å²) in [6, 6.07) is 4.85. The Morgan fingerprint density at radius 1 is 1.18 bits per heavy atom. The zero-order chi connectivity index (χ0) is 39.7. The third-order valence-electron chi connectivity index (χ3n) is 11.2. The van der Waals surface area contributed by atoms with Crippen molar-refractivity contribution in [1.29, 1.82) is 5.26 Å². The molecular weight excluding hydrogens is 741 g/mol. The Labute approximate surface area is 328 Å². The summed E-state index contributed by atoms with van der Waals surface area (Å²) in [6.45, 7) is 11.6. The molecule has 2 fully saturated rings. The number of carbonyl (C=O) groups is 2. The Bertz CT molecular complexity index is 2090. The van der Waals surface area contributed by atoms with Crippen LogP contribution in [0.25, 0.3) is 11.6 Å². The second-order valence-electron chi connectivity index (χ2n) is 15.5. The number of carbonyl (C=O) groups excluding carboxylic acids is 1. The first-order chi connectivity index (χ1) is 26.9. The molecule has 18 heteroatoms. The van der Waals surface area contributed by atoms with Gasteiger partial charge in [-0.3, -0.25) is 4.79 Å². The molecule has 7 rings (SSSR count). The van der Waals surface area contributed by atoms with Gasteiger partial charge in [0.1, 0.15) is 28.8 Å². The van der Waals surface area contributed by atoms with Gasteiger partial charge in [-0.2, -0.15) is 10.2 Å². The van der Waals surface area contributed by atoms with E-state index in [0.29, 0.717) is 40.5 Å². The molecule has 2 aliphatic heterocycles. The molecule has 1 aliphatic carbocycles. The molecule has 17 nitrogen and oxygen atoms in total. The Hall–Kier alpha value is -5.12. The molecule has 0 saturated carbocycles. The fourth-order valence-electron chi connectivity index (χ4n) is 8.41. The number of amides is 1. The summed E-state index contributed by atoms with van der Waals surface area (Å²) in [6.07, 6.45) is 5.03. The van der Waals surface area contributed by atoms with Crippen molar-refractivity contribution in [2.24, 2.45) is 5.92 Å². The van der Waals surface area contributed by atoms with Crippen LogP contribution in [0.2, 0.25) is 0 Å². The fourth-order valence-corrected chi connectivity index (χ4v) is 9.60. The normalized spacial score (nSPS) is 23.5. The Kier molecular flexibility index (Phi) is 11.3. The molecular formula is C38H48N10O7S. The van der Waals surface area contributed by atoms with Gasteiger partial charge < -0.3 is 44.4 Å². The lowest BCUT2D eigenvalue weighted by atomic mass is 9.72. The maximum absolute atomic E-state index is 13.4. The number of aliphatic carboxylic acids is 1. The number of aryl methyl sites for hydroxylation is 1. The summed E-state index contributed by atoms with van der Waals surface area (Å²) in [7, 11) is 0. The summed E-state index contributed by atoms with van der Waals surface area (Å²) in [5.74, 6) is -0.0908. The molecule has 0 radical (unpaired) electrons. The molecule has 1 amide bonds. The van der Waals surface area contributed by atoms with Crippen LogP contribution in [0.4, 0.5) is 10.8 Å². The van der Waals surface area contributed by atoms with E-state index in [1.165, 1.54) is 16.2 Å². The monoisotopic (exact) mass is 788 g/mol. The highest BCUT2D eigenvalue weighted by Gasteiger charge is 2.44. The first kappa shape index (κ1) is 39.1. The first-order valence-electron chi connectivity index (χ1n) is 19.2. The fraction of sp³-hybridized carbons (Fsp3) is 0.579. The lowest BCUT2D eigenvalue weighted by Crippen LogP contribution is -2.44. The third kappa shape index (κ3) is 7.67. The number of carboxylic acid groups (broad SMARTS) is 1. The Morgan fingerprint density at radius 2 is 2.00 bits per heavy atom. The van der Waals surface area contributed by atoms with E-state index in [0.717, 1.165) is 74.5 Å². The highest BCUT2D eigenvalue weighted by Crippen LogP contribution is 2.48. The number of likely N-dealkylation sites (tertiary alicyclic amines) is 1. The third-order valence-corrected chi connectivity index (χ3v) is 12.3. The van der Waals surface area contributed by atoms with Crippen molar-refractivity contribution in [3.63, 3.8) is 0 Å². The quantitative estimate of drug-likeness (QED) is 0.173. The molecule has 5 atom stereocenters. The van der Waals surface area contributed by atoms with Gasteiger partial charge in [0.2, 0.25) is 23.4 Å². The summed E-state index contributed by atoms with van der Waals surface area (Å²) in [4.78, 5) is 46.3. The van der Waals surface area contributed by atoms with Gasteiger partial charge in [-0.05, 0) is 69.6 Å². The van der Waals surface area contributed by atoms with Gasteiger partial charge in [0.25, 0.3) is 5.88 Å². The number of nitriles is 1. The number of ether oxygens (including phenoxy) is 1. The van der Waals surface area contributed by atoms with Crippen LogP contribution in [-0.4, -0.2) is 115 Å². The number of aromatic nitrogens is 5. The molecule has 298 valence electrons. The average Bonchev–Trinajstić information content (AvgIpc) is 3.96. The number of rotatable bonds is 12. The van der Waals surface area contributed by atoms with Gasteiger partial charge in [-0.15, -0.1) is 11.3 Å². The average molecular weight is 789 g/mol. The SMILES string of the molecule is CC(C)C(C(=O)N1C[C@H](O)C[C@H]1C(=O)O)c1cc(OCCCN2CCCN(c3ccnc(-c4noc([C@@]5(C)CCCc6sc(N)c(C#N)c65)n4)n3)[C@@H](C)C2)no1. The molecule has 0 bridgehead atoms. The maximum Gasteiger partial charge on any atom is 0.326 e. The number of nitrogens with two attached hydrogens (primary N) is 1. The summed E-state index contributed by atoms with van der Waals surface area (Å²) in [5, 5.41) is 38.4. The molecule has 2 saturated heterocycles. The van der Waals surface area contributed by atoms with Gasteiger partial charge in [0.15, 0.2) is 5.76 Å². The van der Waals surface area contributed by atoms with E-state index in [1.54, 1.807) is 12.3 Å². The van der Waals surface area contributed by atoms with Crippen molar-refractivity contribution in [1.82, 2.24) is 35.1 Å². The molecule has 3 aliphatic rings. The second kappa shape index (κ2) is 16.2. The van der Waals surface area contributed by atoms with Crippen LogP contribution >= 0.6 is 11.3 Å². The van der Waals surface area contributed by atoms with Gasteiger partial charge in [0, 0.05) is 61.3 Å². The number of thiophene rings is 1. The lowest BCUT2D eigenvalue weighted by molar-refractivity contribution is -0.149. The summed E-state index contributed by atoms with van der Waals surface area (Å²) >= 11 is 1.46. The maximum atomic E-state index is 13.4. The minimum absolute atomic E-state index is 0.00486. The molecule has 4 aromatic rings. The molecule has 1 unspecified atom stereocenters. The molecule has 0 aromatic carbocycles. The van der Waals surface area contributed by atoms with Crippen molar-refractivity contribution in [3.05, 3.63) is 46.0 Å². The van der Waals surface area contributed by atoms with Crippen molar-refractivity contribution < 1.29 is 33.6 Å². The molecule has 4 aromatic heterocycles. The van der Waals surface area contributed by atoms with Crippen LogP contribution in [0, 0.1) is 17.2 Å². The zero-order valence-electron chi connectivity index (χ0n) is 32.1. The highest BCUT2D eigenvalue weighted by atomic mass is 32.1. The van der Waals surface area contributed by atoms with E-state index >= 15 is 0 Å². The van der Waals surface area contributed by atoms with Gasteiger partial charge in [-0.25, -0.2) is 14.8 Å². The number of anilines is 2. The summed E-state index contributed by atoms with van der Waals surface area (Å²) in [5.41, 5.74) is 6.97. The van der Waals surface area contributed by atoms with Crippen LogP contribution in [0.1, 0.15) is 93.4 Å². The number of hydrogen-bond acceptors (Lipinski definition) is 16. The number of nitrogen functional groups attached to an aromatic ring is 1. The minimum atomic E-state index is -1.14. The zero-order valence-corrected chi connectivity index (χ0v) is 32.9. The largest absolute Gasteiger partial charge is 0.480 e. The van der Waals surface area contributed by atoms with Gasteiger partial charge in [-0.1, -0.05) is 19.0 Å². The number of aliphatic hydroxyl groups is 1. The predicted octanol–water partition coefficient (Wildman–Crippen LogP) is 3.83. The molecule has 0 spiro atoms. The number of aliphatic hydroxyl groups excluding tert-OH is 1. The summed E-state index contributed by atoms with van der Waals surface area (Å²) < 4.78 is 17.3. The second-order valence-corrected chi connectivity index (χ2v) is 16.7.